The summed E-state index contributed by atoms with van der Waals surface area (Å²) in [5.41, 5.74) is 1.14. The van der Waals surface area contributed by atoms with Crippen LogP contribution in [0.15, 0.2) is 12.1 Å². The van der Waals surface area contributed by atoms with E-state index < -0.39 is 0 Å². The van der Waals surface area contributed by atoms with Gasteiger partial charge in [-0.3, -0.25) is 0 Å². The molecule has 4 heteroatoms. The van der Waals surface area contributed by atoms with Crippen LogP contribution in [0.25, 0.3) is 0 Å². The van der Waals surface area contributed by atoms with Crippen molar-refractivity contribution in [3.8, 4) is 11.5 Å². The van der Waals surface area contributed by atoms with Crippen LogP contribution in [-0.2, 0) is 0 Å². The Morgan fingerprint density at radius 3 is 2.52 bits per heavy atom. The molecule has 1 heterocycles. The van der Waals surface area contributed by atoms with Gasteiger partial charge >= 0.3 is 0 Å². The van der Waals surface area contributed by atoms with Gasteiger partial charge in [-0.25, -0.2) is 0 Å². The van der Waals surface area contributed by atoms with Crippen molar-refractivity contribution in [2.24, 2.45) is 11.8 Å². The number of benzene rings is 1. The SMILES string of the molecule is CCNC(c1cc2c(cc1Cl)OCCCO2)C(C)C1CC1. The zero-order chi connectivity index (χ0) is 14.8. The van der Waals surface area contributed by atoms with Crippen molar-refractivity contribution < 1.29 is 9.47 Å². The van der Waals surface area contributed by atoms with E-state index in [1.54, 1.807) is 0 Å². The number of nitrogens with one attached hydrogen (secondary N) is 1. The molecule has 0 bridgehead atoms. The number of ether oxygens (including phenoxy) is 2. The highest BCUT2D eigenvalue weighted by atomic mass is 35.5. The molecule has 116 valence electrons. The van der Waals surface area contributed by atoms with Gasteiger partial charge in [-0.05, 0) is 42.9 Å². The topological polar surface area (TPSA) is 30.5 Å². The molecule has 1 aromatic rings. The van der Waals surface area contributed by atoms with Gasteiger partial charge in [0.05, 0.1) is 13.2 Å². The molecule has 2 unspecified atom stereocenters. The molecule has 1 saturated carbocycles. The summed E-state index contributed by atoms with van der Waals surface area (Å²) in [6.45, 7) is 6.80. The minimum absolute atomic E-state index is 0.284. The lowest BCUT2D eigenvalue weighted by atomic mass is 9.90. The Labute approximate surface area is 132 Å². The van der Waals surface area contributed by atoms with Gasteiger partial charge in [-0.1, -0.05) is 25.4 Å². The van der Waals surface area contributed by atoms with E-state index >= 15 is 0 Å². The lowest BCUT2D eigenvalue weighted by molar-refractivity contribution is 0.296. The smallest absolute Gasteiger partial charge is 0.162 e. The molecule has 2 atom stereocenters. The quantitative estimate of drug-likeness (QED) is 0.884. The number of hydrogen-bond acceptors (Lipinski definition) is 3. The van der Waals surface area contributed by atoms with Gasteiger partial charge in [0.15, 0.2) is 11.5 Å². The Morgan fingerprint density at radius 2 is 1.90 bits per heavy atom. The van der Waals surface area contributed by atoms with E-state index in [1.165, 1.54) is 12.8 Å². The van der Waals surface area contributed by atoms with Crippen LogP contribution in [0, 0.1) is 11.8 Å². The Kier molecular flexibility index (Phi) is 4.60. The molecule has 0 radical (unpaired) electrons. The van der Waals surface area contributed by atoms with Crippen LogP contribution in [0.4, 0.5) is 0 Å². The first-order chi connectivity index (χ1) is 10.2. The zero-order valence-corrected chi connectivity index (χ0v) is 13.6. The lowest BCUT2D eigenvalue weighted by Gasteiger charge is -2.27. The van der Waals surface area contributed by atoms with Crippen LogP contribution >= 0.6 is 11.6 Å². The van der Waals surface area contributed by atoms with Crippen LogP contribution in [0.3, 0.4) is 0 Å². The van der Waals surface area contributed by atoms with Crippen LogP contribution < -0.4 is 14.8 Å². The van der Waals surface area contributed by atoms with Crippen molar-refractivity contribution in [2.45, 2.75) is 39.2 Å². The normalized spacial score (nSPS) is 20.7. The standard InChI is InChI=1S/C17H24ClNO2/c1-3-19-17(11(2)12-5-6-12)13-9-15-16(10-14(13)18)21-8-4-7-20-15/h9-12,17,19H,3-8H2,1-2H3. The monoisotopic (exact) mass is 309 g/mol. The first-order valence-electron chi connectivity index (χ1n) is 8.03. The van der Waals surface area contributed by atoms with E-state index in [1.807, 2.05) is 6.07 Å². The Morgan fingerprint density at radius 1 is 1.24 bits per heavy atom. The average Bonchev–Trinajstić information content (AvgIpc) is 3.30. The molecule has 1 fully saturated rings. The van der Waals surface area contributed by atoms with Crippen LogP contribution in [-0.4, -0.2) is 19.8 Å². The van der Waals surface area contributed by atoms with Crippen molar-refractivity contribution in [1.82, 2.24) is 5.32 Å². The maximum Gasteiger partial charge on any atom is 0.162 e. The van der Waals surface area contributed by atoms with E-state index in [-0.39, 0.29) is 6.04 Å². The third-order valence-corrected chi connectivity index (χ3v) is 4.84. The number of fused-ring (bicyclic) bond motifs is 1. The minimum atomic E-state index is 0.284. The van der Waals surface area contributed by atoms with E-state index in [4.69, 9.17) is 21.1 Å². The molecule has 0 amide bonds. The van der Waals surface area contributed by atoms with Gasteiger partial charge < -0.3 is 14.8 Å². The summed E-state index contributed by atoms with van der Waals surface area (Å²) in [5.74, 6) is 3.02. The van der Waals surface area contributed by atoms with Crippen molar-refractivity contribution in [2.75, 3.05) is 19.8 Å². The van der Waals surface area contributed by atoms with Gasteiger partial charge in [0.25, 0.3) is 0 Å². The highest BCUT2D eigenvalue weighted by Gasteiger charge is 2.35. The zero-order valence-electron chi connectivity index (χ0n) is 12.8. The first-order valence-corrected chi connectivity index (χ1v) is 8.41. The Bertz CT molecular complexity index is 502. The minimum Gasteiger partial charge on any atom is -0.490 e. The Balaban J connectivity index is 1.92. The van der Waals surface area contributed by atoms with E-state index in [0.29, 0.717) is 19.1 Å². The molecule has 0 aromatic heterocycles. The second-order valence-corrected chi connectivity index (χ2v) is 6.51. The van der Waals surface area contributed by atoms with Crippen LogP contribution in [0.2, 0.25) is 5.02 Å². The first kappa shape index (κ1) is 15.0. The summed E-state index contributed by atoms with van der Waals surface area (Å²) in [5, 5.41) is 4.38. The highest BCUT2D eigenvalue weighted by Crippen LogP contribution is 2.46. The van der Waals surface area contributed by atoms with Crippen LogP contribution in [0.1, 0.15) is 44.7 Å². The molecule has 3 nitrogen and oxygen atoms in total. The Hall–Kier alpha value is -0.930. The number of rotatable bonds is 5. The largest absolute Gasteiger partial charge is 0.490 e. The fraction of sp³-hybridized carbons (Fsp3) is 0.647. The lowest BCUT2D eigenvalue weighted by Crippen LogP contribution is -2.28. The van der Waals surface area contributed by atoms with Crippen molar-refractivity contribution in [3.63, 3.8) is 0 Å². The van der Waals surface area contributed by atoms with Crippen LogP contribution in [0.5, 0.6) is 11.5 Å². The van der Waals surface area contributed by atoms with E-state index in [9.17, 15) is 0 Å². The third-order valence-electron chi connectivity index (χ3n) is 4.52. The van der Waals surface area contributed by atoms with Crippen molar-refractivity contribution in [1.29, 1.82) is 0 Å². The average molecular weight is 310 g/mol. The number of halogens is 1. The summed E-state index contributed by atoms with van der Waals surface area (Å²) in [7, 11) is 0. The maximum atomic E-state index is 6.54. The molecular weight excluding hydrogens is 286 g/mol. The molecule has 0 spiro atoms. The molecule has 21 heavy (non-hydrogen) atoms. The molecular formula is C17H24ClNO2. The summed E-state index contributed by atoms with van der Waals surface area (Å²) < 4.78 is 11.5. The fourth-order valence-electron chi connectivity index (χ4n) is 3.13. The predicted octanol–water partition coefficient (Wildman–Crippen LogP) is 4.20. The van der Waals surface area contributed by atoms with E-state index in [0.717, 1.165) is 41.0 Å². The predicted molar refractivity (Wildman–Crippen MR) is 85.4 cm³/mol. The van der Waals surface area contributed by atoms with Gasteiger partial charge in [0, 0.05) is 23.6 Å². The number of hydrogen-bond donors (Lipinski definition) is 1. The van der Waals surface area contributed by atoms with Crippen molar-refractivity contribution in [3.05, 3.63) is 22.7 Å². The second kappa shape index (κ2) is 6.45. The molecule has 1 aromatic carbocycles. The summed E-state index contributed by atoms with van der Waals surface area (Å²) in [6.07, 6.45) is 3.59. The summed E-state index contributed by atoms with van der Waals surface area (Å²) in [4.78, 5) is 0. The molecule has 3 rings (SSSR count). The summed E-state index contributed by atoms with van der Waals surface area (Å²) in [6, 6.07) is 4.28. The van der Waals surface area contributed by atoms with Crippen molar-refractivity contribution >= 4 is 11.6 Å². The van der Waals surface area contributed by atoms with Gasteiger partial charge in [-0.15, -0.1) is 0 Å². The molecule has 1 aliphatic heterocycles. The van der Waals surface area contributed by atoms with Gasteiger partial charge in [0.2, 0.25) is 0 Å². The third kappa shape index (κ3) is 3.29. The summed E-state index contributed by atoms with van der Waals surface area (Å²) >= 11 is 6.54. The highest BCUT2D eigenvalue weighted by molar-refractivity contribution is 6.31. The molecule has 2 aliphatic rings. The molecule has 1 N–H and O–H groups in total. The van der Waals surface area contributed by atoms with E-state index in [2.05, 4.69) is 25.2 Å². The molecule has 1 aliphatic carbocycles. The maximum absolute atomic E-state index is 6.54. The second-order valence-electron chi connectivity index (χ2n) is 6.10. The fourth-order valence-corrected chi connectivity index (χ4v) is 3.40. The van der Waals surface area contributed by atoms with Gasteiger partial charge in [0.1, 0.15) is 0 Å². The van der Waals surface area contributed by atoms with Gasteiger partial charge in [-0.2, -0.15) is 0 Å². The molecule has 0 saturated heterocycles.